The molecule has 0 saturated carbocycles. The van der Waals surface area contributed by atoms with Crippen molar-refractivity contribution in [3.63, 3.8) is 0 Å². The highest BCUT2D eigenvalue weighted by atomic mass is 16.6. The van der Waals surface area contributed by atoms with E-state index in [1.165, 1.54) is 24.3 Å². The number of carbonyl (C=O) groups is 2. The molecule has 4 aromatic rings. The average molecular weight is 693 g/mol. The van der Waals surface area contributed by atoms with Crippen LogP contribution in [0.2, 0.25) is 0 Å². The van der Waals surface area contributed by atoms with Crippen LogP contribution in [-0.4, -0.2) is 83.8 Å². The lowest BCUT2D eigenvalue weighted by molar-refractivity contribution is -0.385. The minimum atomic E-state index is -0.853. The molecule has 0 aliphatic carbocycles. The van der Waals surface area contributed by atoms with Crippen molar-refractivity contribution in [1.82, 2.24) is 9.80 Å². The van der Waals surface area contributed by atoms with Gasteiger partial charge < -0.3 is 24.3 Å². The predicted octanol–water partition coefficient (Wildman–Crippen LogP) is 5.78. The number of nitro groups is 2. The third kappa shape index (κ3) is 8.86. The van der Waals surface area contributed by atoms with Gasteiger partial charge in [-0.2, -0.15) is 0 Å². The van der Waals surface area contributed by atoms with E-state index < -0.39 is 22.1 Å². The Morgan fingerprint density at radius 3 is 1.18 bits per heavy atom. The first-order valence-corrected chi connectivity index (χ1v) is 17.0. The first-order chi connectivity index (χ1) is 24.7. The Morgan fingerprint density at radius 2 is 0.863 bits per heavy atom. The summed E-state index contributed by atoms with van der Waals surface area (Å²) in [5.41, 5.74) is 3.08. The van der Waals surface area contributed by atoms with E-state index in [0.717, 1.165) is 11.4 Å². The molecule has 0 N–H and O–H groups in total. The van der Waals surface area contributed by atoms with Crippen LogP contribution in [0.4, 0.5) is 22.7 Å². The van der Waals surface area contributed by atoms with Crippen molar-refractivity contribution in [2.75, 3.05) is 62.2 Å². The number of anilines is 2. The number of hydrogen-bond donors (Lipinski definition) is 0. The monoisotopic (exact) mass is 692 g/mol. The van der Waals surface area contributed by atoms with E-state index in [4.69, 9.17) is 4.74 Å². The Morgan fingerprint density at radius 1 is 0.529 bits per heavy atom. The van der Waals surface area contributed by atoms with Crippen molar-refractivity contribution >= 4 is 34.6 Å². The lowest BCUT2D eigenvalue weighted by Gasteiger charge is -2.37. The fourth-order valence-corrected chi connectivity index (χ4v) is 6.59. The quantitative estimate of drug-likeness (QED) is 0.133. The summed E-state index contributed by atoms with van der Waals surface area (Å²) in [5.74, 6) is -0.284. The molecular formula is C38H40N6O7. The van der Waals surface area contributed by atoms with E-state index in [-0.39, 0.29) is 36.0 Å². The number of hydrogen-bond acceptors (Lipinski definition) is 9. The van der Waals surface area contributed by atoms with E-state index in [9.17, 15) is 29.8 Å². The minimum absolute atomic E-state index is 0.0590. The van der Waals surface area contributed by atoms with Crippen LogP contribution >= 0.6 is 0 Å². The summed E-state index contributed by atoms with van der Waals surface area (Å²) >= 11 is 0. The molecule has 2 amide bonds. The zero-order valence-corrected chi connectivity index (χ0v) is 28.2. The molecule has 2 fully saturated rings. The van der Waals surface area contributed by atoms with E-state index in [0.29, 0.717) is 63.5 Å². The number of carbonyl (C=O) groups excluding carboxylic acids is 2. The SMILES string of the molecule is O=C(CC(OC(CC(=O)N1CCN(c2ccccc2)CC1)c1ccc([N+](=O)[O-])cc1)c1ccc([N+](=O)[O-])cc1)N1CCN(c2ccccc2)CC1. The summed E-state index contributed by atoms with van der Waals surface area (Å²) in [4.78, 5) is 57.5. The molecule has 2 atom stereocenters. The standard InChI is InChI=1S/C38H40N6O7/c45-37(41-23-19-39(20-24-41)31-7-3-1-4-8-31)27-35(29-11-15-33(16-12-29)43(47)48)51-36(30-13-17-34(18-14-30)44(49)50)28-38(46)42-25-21-40(22-26-42)32-9-5-2-6-10-32/h1-18,35-36H,19-28H2. The lowest BCUT2D eigenvalue weighted by atomic mass is 10.0. The molecule has 0 spiro atoms. The number of non-ortho nitro benzene ring substituents is 2. The first kappa shape index (κ1) is 35.0. The first-order valence-electron chi connectivity index (χ1n) is 17.0. The Bertz CT molecular complexity index is 1660. The predicted molar refractivity (Wildman–Crippen MR) is 192 cm³/mol. The molecule has 2 aliphatic rings. The van der Waals surface area contributed by atoms with Crippen LogP contribution in [-0.2, 0) is 14.3 Å². The third-order valence-electron chi connectivity index (χ3n) is 9.51. The second-order valence-corrected chi connectivity index (χ2v) is 12.6. The summed E-state index contributed by atoms with van der Waals surface area (Å²) in [6.45, 7) is 4.71. The number of nitro benzene ring substituents is 2. The highest BCUT2D eigenvalue weighted by molar-refractivity contribution is 5.78. The van der Waals surface area contributed by atoms with Crippen molar-refractivity contribution in [3.05, 3.63) is 141 Å². The lowest BCUT2D eigenvalue weighted by Crippen LogP contribution is -2.49. The van der Waals surface area contributed by atoms with Gasteiger partial charge in [0.2, 0.25) is 11.8 Å². The van der Waals surface area contributed by atoms with Crippen LogP contribution in [0.5, 0.6) is 0 Å². The summed E-state index contributed by atoms with van der Waals surface area (Å²) in [5, 5.41) is 22.8. The molecule has 0 aromatic heterocycles. The number of para-hydroxylation sites is 2. The second kappa shape index (κ2) is 16.3. The van der Waals surface area contributed by atoms with Gasteiger partial charge in [0.15, 0.2) is 0 Å². The van der Waals surface area contributed by atoms with Gasteiger partial charge in [-0.25, -0.2) is 0 Å². The van der Waals surface area contributed by atoms with E-state index >= 15 is 0 Å². The number of amides is 2. The number of ether oxygens (including phenoxy) is 1. The number of benzene rings is 4. The van der Waals surface area contributed by atoms with Crippen LogP contribution < -0.4 is 9.80 Å². The van der Waals surface area contributed by atoms with Crippen LogP contribution in [0.1, 0.15) is 36.2 Å². The summed E-state index contributed by atoms with van der Waals surface area (Å²) < 4.78 is 6.67. The molecule has 2 heterocycles. The average Bonchev–Trinajstić information content (AvgIpc) is 3.18. The van der Waals surface area contributed by atoms with Gasteiger partial charge in [0, 0.05) is 88.0 Å². The molecule has 2 aliphatic heterocycles. The van der Waals surface area contributed by atoms with Crippen LogP contribution in [0.25, 0.3) is 0 Å². The second-order valence-electron chi connectivity index (χ2n) is 12.6. The molecule has 2 unspecified atom stereocenters. The molecule has 4 aromatic carbocycles. The normalized spacial score (nSPS) is 16.0. The van der Waals surface area contributed by atoms with Gasteiger partial charge in [-0.3, -0.25) is 29.8 Å². The van der Waals surface area contributed by atoms with Crippen molar-refractivity contribution in [2.24, 2.45) is 0 Å². The Kier molecular flexibility index (Phi) is 11.2. The highest BCUT2D eigenvalue weighted by Crippen LogP contribution is 2.34. The Labute approximate surface area is 295 Å². The summed E-state index contributed by atoms with van der Waals surface area (Å²) in [6, 6.07) is 31.8. The number of piperazine rings is 2. The van der Waals surface area contributed by atoms with Crippen LogP contribution in [0, 0.1) is 20.2 Å². The molecule has 51 heavy (non-hydrogen) atoms. The largest absolute Gasteiger partial charge is 0.368 e. The van der Waals surface area contributed by atoms with Crippen LogP contribution in [0.15, 0.2) is 109 Å². The molecular weight excluding hydrogens is 652 g/mol. The van der Waals surface area contributed by atoms with Gasteiger partial charge >= 0.3 is 0 Å². The maximum absolute atomic E-state index is 13.8. The summed E-state index contributed by atoms with van der Waals surface area (Å²) in [7, 11) is 0. The maximum atomic E-state index is 13.8. The van der Waals surface area contributed by atoms with Gasteiger partial charge in [-0.05, 0) is 59.7 Å². The smallest absolute Gasteiger partial charge is 0.269 e. The molecule has 0 radical (unpaired) electrons. The highest BCUT2D eigenvalue weighted by Gasteiger charge is 2.31. The van der Waals surface area contributed by atoms with Crippen LogP contribution in [0.3, 0.4) is 0 Å². The molecule has 13 heteroatoms. The Hall–Kier alpha value is -5.82. The topological polar surface area (TPSA) is 143 Å². The van der Waals surface area contributed by atoms with Crippen molar-refractivity contribution < 1.29 is 24.2 Å². The fourth-order valence-electron chi connectivity index (χ4n) is 6.59. The molecule has 2 saturated heterocycles. The van der Waals surface area contributed by atoms with Gasteiger partial charge in [0.25, 0.3) is 11.4 Å². The fraction of sp³-hybridized carbons (Fsp3) is 0.316. The maximum Gasteiger partial charge on any atom is 0.269 e. The molecule has 0 bridgehead atoms. The third-order valence-corrected chi connectivity index (χ3v) is 9.51. The number of rotatable bonds is 12. The van der Waals surface area contributed by atoms with Gasteiger partial charge in [0.05, 0.1) is 34.9 Å². The molecule has 13 nitrogen and oxygen atoms in total. The van der Waals surface area contributed by atoms with Crippen molar-refractivity contribution in [2.45, 2.75) is 25.0 Å². The van der Waals surface area contributed by atoms with E-state index in [2.05, 4.69) is 9.80 Å². The van der Waals surface area contributed by atoms with Gasteiger partial charge in [-0.1, -0.05) is 36.4 Å². The molecule has 264 valence electrons. The Balaban J connectivity index is 1.21. The number of nitrogens with zero attached hydrogens (tertiary/aromatic N) is 6. The molecule has 6 rings (SSSR count). The minimum Gasteiger partial charge on any atom is -0.368 e. The van der Waals surface area contributed by atoms with E-state index in [1.54, 1.807) is 34.1 Å². The summed E-state index contributed by atoms with van der Waals surface area (Å²) in [6.07, 6.45) is -1.82. The van der Waals surface area contributed by atoms with Crippen molar-refractivity contribution in [1.29, 1.82) is 0 Å². The van der Waals surface area contributed by atoms with Gasteiger partial charge in [0.1, 0.15) is 0 Å². The van der Waals surface area contributed by atoms with Gasteiger partial charge in [-0.15, -0.1) is 0 Å². The van der Waals surface area contributed by atoms with E-state index in [1.807, 2.05) is 60.7 Å². The van der Waals surface area contributed by atoms with Crippen molar-refractivity contribution in [3.8, 4) is 0 Å². The zero-order valence-electron chi connectivity index (χ0n) is 28.2. The zero-order chi connectivity index (χ0) is 35.7.